The van der Waals surface area contributed by atoms with Crippen LogP contribution in [0.1, 0.15) is 84.0 Å². The Morgan fingerprint density at radius 3 is 1.50 bits per heavy atom. The van der Waals surface area contributed by atoms with Gasteiger partial charge in [-0.3, -0.25) is 0 Å². The minimum Gasteiger partial charge on any atom is -0.394 e. The van der Waals surface area contributed by atoms with E-state index in [1.54, 1.807) is 0 Å². The Bertz CT molecular complexity index is 121. The van der Waals surface area contributed by atoms with Crippen LogP contribution in [-0.2, 0) is 4.74 Å². The Balaban J connectivity index is 2.86. The zero-order valence-electron chi connectivity index (χ0n) is 12.5. The molecule has 0 spiro atoms. The van der Waals surface area contributed by atoms with Gasteiger partial charge in [0.15, 0.2) is 0 Å². The zero-order chi connectivity index (χ0) is 13.3. The molecule has 0 radical (unpaired) electrons. The van der Waals surface area contributed by atoms with Crippen molar-refractivity contribution < 1.29 is 9.84 Å². The number of hydrogen-bond acceptors (Lipinski definition) is 2. The van der Waals surface area contributed by atoms with E-state index in [2.05, 4.69) is 6.92 Å². The summed E-state index contributed by atoms with van der Waals surface area (Å²) in [5, 5.41) is 8.53. The summed E-state index contributed by atoms with van der Waals surface area (Å²) in [7, 11) is 0. The molecule has 0 atom stereocenters. The molecule has 0 aromatic heterocycles. The number of unbranched alkanes of at least 4 members (excludes halogenated alkanes) is 11. The molecule has 0 aliphatic heterocycles. The van der Waals surface area contributed by atoms with E-state index in [-0.39, 0.29) is 6.61 Å². The Labute approximate surface area is 114 Å². The van der Waals surface area contributed by atoms with E-state index in [9.17, 15) is 0 Å². The SMILES string of the molecule is CCCCCCCCCCCCCCOCCO. The Morgan fingerprint density at radius 1 is 0.611 bits per heavy atom. The lowest BCUT2D eigenvalue weighted by Gasteiger charge is -2.03. The first-order valence-corrected chi connectivity index (χ1v) is 8.10. The first-order chi connectivity index (χ1) is 8.91. The Kier molecular flexibility index (Phi) is 16.8. The minimum absolute atomic E-state index is 0.151. The van der Waals surface area contributed by atoms with Gasteiger partial charge in [-0.15, -0.1) is 0 Å². The van der Waals surface area contributed by atoms with Crippen LogP contribution in [0, 0.1) is 0 Å². The lowest BCUT2D eigenvalue weighted by atomic mass is 10.1. The molecule has 0 rings (SSSR count). The highest BCUT2D eigenvalue weighted by atomic mass is 16.5. The van der Waals surface area contributed by atoms with Crippen LogP contribution in [-0.4, -0.2) is 24.9 Å². The van der Waals surface area contributed by atoms with Crippen molar-refractivity contribution in [2.75, 3.05) is 19.8 Å². The average molecular weight is 258 g/mol. The molecule has 18 heavy (non-hydrogen) atoms. The quantitative estimate of drug-likeness (QED) is 0.432. The average Bonchev–Trinajstić information content (AvgIpc) is 2.39. The molecular weight excluding hydrogens is 224 g/mol. The van der Waals surface area contributed by atoms with Crippen molar-refractivity contribution in [3.8, 4) is 0 Å². The van der Waals surface area contributed by atoms with Crippen LogP contribution < -0.4 is 0 Å². The molecule has 0 saturated carbocycles. The number of aliphatic hydroxyl groups excluding tert-OH is 1. The predicted molar refractivity (Wildman–Crippen MR) is 79.0 cm³/mol. The summed E-state index contributed by atoms with van der Waals surface area (Å²) in [6, 6.07) is 0. The van der Waals surface area contributed by atoms with Crippen LogP contribution in [0.4, 0.5) is 0 Å². The Morgan fingerprint density at radius 2 is 1.06 bits per heavy atom. The molecule has 1 N–H and O–H groups in total. The van der Waals surface area contributed by atoms with Crippen molar-refractivity contribution in [2.24, 2.45) is 0 Å². The molecule has 0 aromatic carbocycles. The highest BCUT2D eigenvalue weighted by molar-refractivity contribution is 4.48. The zero-order valence-corrected chi connectivity index (χ0v) is 12.5. The van der Waals surface area contributed by atoms with Crippen molar-refractivity contribution in [1.29, 1.82) is 0 Å². The summed E-state index contributed by atoms with van der Waals surface area (Å²) >= 11 is 0. The van der Waals surface area contributed by atoms with E-state index >= 15 is 0 Å². The van der Waals surface area contributed by atoms with Gasteiger partial charge in [-0.1, -0.05) is 77.6 Å². The number of ether oxygens (including phenoxy) is 1. The molecule has 2 nitrogen and oxygen atoms in total. The summed E-state index contributed by atoms with van der Waals surface area (Å²) in [6.45, 7) is 3.74. The van der Waals surface area contributed by atoms with Gasteiger partial charge in [0, 0.05) is 6.61 Å². The highest BCUT2D eigenvalue weighted by Crippen LogP contribution is 2.11. The monoisotopic (exact) mass is 258 g/mol. The van der Waals surface area contributed by atoms with Gasteiger partial charge >= 0.3 is 0 Å². The molecule has 0 fully saturated rings. The van der Waals surface area contributed by atoms with Gasteiger partial charge in [0.25, 0.3) is 0 Å². The second-order valence-corrected chi connectivity index (χ2v) is 5.23. The maximum atomic E-state index is 8.53. The molecule has 0 aliphatic carbocycles. The first-order valence-electron chi connectivity index (χ1n) is 8.10. The van der Waals surface area contributed by atoms with Gasteiger partial charge in [0.05, 0.1) is 13.2 Å². The van der Waals surface area contributed by atoms with E-state index in [1.165, 1.54) is 70.6 Å². The van der Waals surface area contributed by atoms with Gasteiger partial charge in [-0.2, -0.15) is 0 Å². The third-order valence-electron chi connectivity index (χ3n) is 3.38. The largest absolute Gasteiger partial charge is 0.394 e. The van der Waals surface area contributed by atoms with Crippen LogP contribution in [0.2, 0.25) is 0 Å². The lowest BCUT2D eigenvalue weighted by Crippen LogP contribution is -2.00. The molecule has 0 bridgehead atoms. The predicted octanol–water partition coefficient (Wildman–Crippen LogP) is 4.70. The third-order valence-corrected chi connectivity index (χ3v) is 3.38. The van der Waals surface area contributed by atoms with Crippen molar-refractivity contribution >= 4 is 0 Å². The van der Waals surface area contributed by atoms with E-state index in [0.29, 0.717) is 6.61 Å². The minimum atomic E-state index is 0.151. The number of aliphatic hydroxyl groups is 1. The van der Waals surface area contributed by atoms with Gasteiger partial charge in [-0.05, 0) is 6.42 Å². The van der Waals surface area contributed by atoms with Crippen LogP contribution in [0.5, 0.6) is 0 Å². The summed E-state index contributed by atoms with van der Waals surface area (Å²) in [5.74, 6) is 0. The summed E-state index contributed by atoms with van der Waals surface area (Å²) in [4.78, 5) is 0. The second-order valence-electron chi connectivity index (χ2n) is 5.23. The van der Waals surface area contributed by atoms with Crippen molar-refractivity contribution in [3.63, 3.8) is 0 Å². The van der Waals surface area contributed by atoms with Crippen molar-refractivity contribution in [1.82, 2.24) is 0 Å². The van der Waals surface area contributed by atoms with Gasteiger partial charge in [0.2, 0.25) is 0 Å². The fourth-order valence-electron chi connectivity index (χ4n) is 2.21. The fourth-order valence-corrected chi connectivity index (χ4v) is 2.21. The van der Waals surface area contributed by atoms with E-state index in [1.807, 2.05) is 0 Å². The van der Waals surface area contributed by atoms with Crippen LogP contribution in [0.3, 0.4) is 0 Å². The smallest absolute Gasteiger partial charge is 0.0697 e. The number of rotatable bonds is 15. The molecule has 0 unspecified atom stereocenters. The third kappa shape index (κ3) is 15.9. The summed E-state index contributed by atoms with van der Waals surface area (Å²) in [6.07, 6.45) is 16.5. The molecule has 0 saturated heterocycles. The van der Waals surface area contributed by atoms with Crippen LogP contribution in [0.25, 0.3) is 0 Å². The lowest BCUT2D eigenvalue weighted by molar-refractivity contribution is 0.0895. The summed E-state index contributed by atoms with van der Waals surface area (Å²) in [5.41, 5.74) is 0. The van der Waals surface area contributed by atoms with Gasteiger partial charge < -0.3 is 9.84 Å². The van der Waals surface area contributed by atoms with Crippen molar-refractivity contribution in [3.05, 3.63) is 0 Å². The maximum Gasteiger partial charge on any atom is 0.0697 e. The molecule has 2 heteroatoms. The molecule has 0 heterocycles. The molecule has 0 aliphatic rings. The van der Waals surface area contributed by atoms with Gasteiger partial charge in [-0.25, -0.2) is 0 Å². The maximum absolute atomic E-state index is 8.53. The molecule has 0 amide bonds. The van der Waals surface area contributed by atoms with E-state index in [0.717, 1.165) is 13.0 Å². The van der Waals surface area contributed by atoms with Crippen molar-refractivity contribution in [2.45, 2.75) is 84.0 Å². The second kappa shape index (κ2) is 16.9. The number of hydrogen-bond donors (Lipinski definition) is 1. The van der Waals surface area contributed by atoms with Crippen LogP contribution in [0.15, 0.2) is 0 Å². The molecule has 0 aromatic rings. The summed E-state index contributed by atoms with van der Waals surface area (Å²) < 4.78 is 5.22. The van der Waals surface area contributed by atoms with Gasteiger partial charge in [0.1, 0.15) is 0 Å². The highest BCUT2D eigenvalue weighted by Gasteiger charge is 1.93. The van der Waals surface area contributed by atoms with E-state index < -0.39 is 0 Å². The molecular formula is C16H34O2. The Hall–Kier alpha value is -0.0800. The first kappa shape index (κ1) is 17.9. The topological polar surface area (TPSA) is 29.5 Å². The standard InChI is InChI=1S/C16H34O2/c1-2-3-4-5-6-7-8-9-10-11-12-13-15-18-16-14-17/h17H,2-16H2,1H3. The van der Waals surface area contributed by atoms with Crippen LogP contribution >= 0.6 is 0 Å². The normalized spacial score (nSPS) is 11.0. The fraction of sp³-hybridized carbons (Fsp3) is 1.00. The van der Waals surface area contributed by atoms with E-state index in [4.69, 9.17) is 9.84 Å². The molecule has 110 valence electrons.